The first-order chi connectivity index (χ1) is 9.47. The molecule has 0 spiro atoms. The second-order valence-corrected chi connectivity index (χ2v) is 6.89. The van der Waals surface area contributed by atoms with Crippen molar-refractivity contribution in [3.8, 4) is 0 Å². The molecule has 3 rings (SSSR count). The van der Waals surface area contributed by atoms with Gasteiger partial charge in [0, 0.05) is 31.9 Å². The van der Waals surface area contributed by atoms with Crippen LogP contribution in [0.3, 0.4) is 0 Å². The highest BCUT2D eigenvalue weighted by atomic mass is 32.2. The molecule has 1 fully saturated rings. The van der Waals surface area contributed by atoms with Gasteiger partial charge in [0.15, 0.2) is 0 Å². The van der Waals surface area contributed by atoms with Crippen molar-refractivity contribution in [3.63, 3.8) is 0 Å². The Hall–Kier alpha value is -0.650. The third-order valence-electron chi connectivity index (χ3n) is 4.00. The smallest absolute Gasteiger partial charge is 0.121 e. The molecular formula is C15H26N4S. The Morgan fingerprint density at radius 1 is 1.05 bits per heavy atom. The fourth-order valence-corrected chi connectivity index (χ4v) is 3.92. The van der Waals surface area contributed by atoms with E-state index in [0.717, 1.165) is 5.84 Å². The van der Waals surface area contributed by atoms with E-state index in [1.165, 1.54) is 37.5 Å². The predicted molar refractivity (Wildman–Crippen MR) is 89.8 cm³/mol. The number of nitrogens with zero attached hydrogens (tertiary/aromatic N) is 4. The Kier molecular flexibility index (Phi) is 5.41. The van der Waals surface area contributed by atoms with Gasteiger partial charge in [0.1, 0.15) is 11.2 Å². The summed E-state index contributed by atoms with van der Waals surface area (Å²) in [4.78, 5) is 13.6. The van der Waals surface area contributed by atoms with Gasteiger partial charge in [0.25, 0.3) is 0 Å². The lowest BCUT2D eigenvalue weighted by atomic mass is 9.96. The highest BCUT2D eigenvalue weighted by Crippen LogP contribution is 2.38. The minimum atomic E-state index is 0.377. The first kappa shape index (κ1) is 15.7. The summed E-state index contributed by atoms with van der Waals surface area (Å²) in [5.41, 5.74) is 2.62. The van der Waals surface area contributed by atoms with Crippen molar-refractivity contribution in [2.45, 2.75) is 26.1 Å². The number of hydrogen-bond donors (Lipinski definition) is 0. The molecule has 1 saturated heterocycles. The topological polar surface area (TPSA) is 31.2 Å². The summed E-state index contributed by atoms with van der Waals surface area (Å²) >= 11 is 1.81. The van der Waals surface area contributed by atoms with Crippen LogP contribution in [0.5, 0.6) is 0 Å². The van der Waals surface area contributed by atoms with Crippen LogP contribution in [0, 0.1) is 5.92 Å². The zero-order valence-corrected chi connectivity index (χ0v) is 14.1. The Balaban J connectivity index is 0.000000160. The first-order valence-electron chi connectivity index (χ1n) is 7.26. The van der Waals surface area contributed by atoms with E-state index in [1.54, 1.807) is 0 Å². The monoisotopic (exact) mass is 294 g/mol. The molecule has 5 heteroatoms. The van der Waals surface area contributed by atoms with E-state index in [1.807, 2.05) is 18.7 Å². The van der Waals surface area contributed by atoms with Crippen LogP contribution in [-0.2, 0) is 0 Å². The van der Waals surface area contributed by atoms with Crippen molar-refractivity contribution in [2.75, 3.05) is 40.3 Å². The fourth-order valence-electron chi connectivity index (χ4n) is 2.64. The van der Waals surface area contributed by atoms with Gasteiger partial charge in [-0.1, -0.05) is 5.57 Å². The van der Waals surface area contributed by atoms with Crippen LogP contribution < -0.4 is 0 Å². The van der Waals surface area contributed by atoms with Crippen LogP contribution in [0.1, 0.15) is 20.8 Å². The van der Waals surface area contributed by atoms with Crippen LogP contribution in [0.15, 0.2) is 21.0 Å². The number of piperazine rings is 1. The maximum absolute atomic E-state index is 4.49. The number of hydrogen-bond acceptors (Lipinski definition) is 5. The number of thioether (sulfide) groups is 1. The number of amidine groups is 1. The molecule has 112 valence electrons. The van der Waals surface area contributed by atoms with Crippen molar-refractivity contribution in [3.05, 3.63) is 11.0 Å². The van der Waals surface area contributed by atoms with Gasteiger partial charge >= 0.3 is 0 Å². The number of likely N-dealkylation sites (N-methyl/N-ethyl adjacent to an activating group) is 2. The maximum Gasteiger partial charge on any atom is 0.121 e. The summed E-state index contributed by atoms with van der Waals surface area (Å²) in [6, 6.07) is 0. The lowest BCUT2D eigenvalue weighted by molar-refractivity contribution is 0.181. The van der Waals surface area contributed by atoms with Crippen molar-refractivity contribution in [1.82, 2.24) is 9.80 Å². The molecule has 0 aromatic carbocycles. The molecule has 0 aliphatic carbocycles. The summed E-state index contributed by atoms with van der Waals surface area (Å²) < 4.78 is 0. The highest BCUT2D eigenvalue weighted by Gasteiger charge is 2.32. The zero-order chi connectivity index (χ0) is 14.7. The van der Waals surface area contributed by atoms with Gasteiger partial charge in [0.05, 0.1) is 5.92 Å². The average Bonchev–Trinajstić information content (AvgIpc) is 2.75. The standard InChI is InChI=1S/C9H12N2S.C6H14N2/c1-5-4-12-9-8(5)6(2)10-7(3)11-9;1-7-3-5-8(2)6-4-7/h4,8-9H,1-3H3;3-6H2,1-2H3. The lowest BCUT2D eigenvalue weighted by Crippen LogP contribution is -2.42. The van der Waals surface area contributed by atoms with Crippen LogP contribution >= 0.6 is 11.8 Å². The number of aliphatic imine (C=N–C) groups is 2. The van der Waals surface area contributed by atoms with E-state index in [4.69, 9.17) is 0 Å². The van der Waals surface area contributed by atoms with E-state index < -0.39 is 0 Å². The molecule has 0 radical (unpaired) electrons. The Bertz CT molecular complexity index is 423. The Morgan fingerprint density at radius 2 is 1.60 bits per heavy atom. The molecule has 0 amide bonds. The SMILES string of the molecule is CC1=CSC2N=C(C)N=C(C)C12.CN1CCN(C)CC1. The second-order valence-electron chi connectivity index (χ2n) is 5.90. The highest BCUT2D eigenvalue weighted by molar-refractivity contribution is 8.03. The summed E-state index contributed by atoms with van der Waals surface area (Å²) in [5, 5.41) is 2.58. The molecule has 20 heavy (non-hydrogen) atoms. The van der Waals surface area contributed by atoms with E-state index >= 15 is 0 Å². The normalized spacial score (nSPS) is 30.8. The van der Waals surface area contributed by atoms with Crippen LogP contribution in [-0.4, -0.2) is 67.0 Å². The zero-order valence-electron chi connectivity index (χ0n) is 13.3. The van der Waals surface area contributed by atoms with E-state index in [-0.39, 0.29) is 0 Å². The molecule has 0 bridgehead atoms. The van der Waals surface area contributed by atoms with E-state index in [9.17, 15) is 0 Å². The van der Waals surface area contributed by atoms with Gasteiger partial charge in [-0.15, -0.1) is 11.8 Å². The molecule has 3 aliphatic rings. The predicted octanol–water partition coefficient (Wildman–Crippen LogP) is 2.34. The molecule has 2 atom stereocenters. The van der Waals surface area contributed by atoms with Gasteiger partial charge in [0.2, 0.25) is 0 Å². The molecule has 3 heterocycles. The largest absolute Gasteiger partial charge is 0.304 e. The summed E-state index contributed by atoms with van der Waals surface area (Å²) in [6.07, 6.45) is 0. The summed E-state index contributed by atoms with van der Waals surface area (Å²) in [5.74, 6) is 1.39. The van der Waals surface area contributed by atoms with Crippen LogP contribution in [0.25, 0.3) is 0 Å². The average molecular weight is 294 g/mol. The quantitative estimate of drug-likeness (QED) is 0.687. The van der Waals surface area contributed by atoms with Gasteiger partial charge in [-0.3, -0.25) is 4.99 Å². The molecule has 0 aromatic rings. The summed E-state index contributed by atoms with van der Waals surface area (Å²) in [6.45, 7) is 11.2. The third-order valence-corrected chi connectivity index (χ3v) is 5.16. The number of rotatable bonds is 0. The second kappa shape index (κ2) is 6.87. The van der Waals surface area contributed by atoms with E-state index in [2.05, 4.69) is 53.1 Å². The van der Waals surface area contributed by atoms with Gasteiger partial charge in [-0.05, 0) is 40.3 Å². The van der Waals surface area contributed by atoms with E-state index in [0.29, 0.717) is 11.3 Å². The molecular weight excluding hydrogens is 268 g/mol. The van der Waals surface area contributed by atoms with Gasteiger partial charge in [-0.2, -0.15) is 0 Å². The summed E-state index contributed by atoms with van der Waals surface area (Å²) in [7, 11) is 4.35. The lowest BCUT2D eigenvalue weighted by Gasteiger charge is -2.28. The van der Waals surface area contributed by atoms with Gasteiger partial charge < -0.3 is 9.80 Å². The van der Waals surface area contributed by atoms with Crippen LogP contribution in [0.4, 0.5) is 0 Å². The Morgan fingerprint density at radius 3 is 2.15 bits per heavy atom. The fraction of sp³-hybridized carbons (Fsp3) is 0.733. The molecule has 2 unspecified atom stereocenters. The first-order valence-corrected chi connectivity index (χ1v) is 8.20. The van der Waals surface area contributed by atoms with Crippen molar-refractivity contribution in [1.29, 1.82) is 0 Å². The Labute approximate surface area is 127 Å². The van der Waals surface area contributed by atoms with Gasteiger partial charge in [-0.25, -0.2) is 4.99 Å². The molecule has 3 aliphatic heterocycles. The molecule has 0 N–H and O–H groups in total. The minimum Gasteiger partial charge on any atom is -0.304 e. The minimum absolute atomic E-state index is 0.377. The molecule has 0 aromatic heterocycles. The maximum atomic E-state index is 4.49. The molecule has 4 nitrogen and oxygen atoms in total. The van der Waals surface area contributed by atoms with Crippen molar-refractivity contribution >= 4 is 23.3 Å². The van der Waals surface area contributed by atoms with Crippen molar-refractivity contribution in [2.24, 2.45) is 15.9 Å². The number of fused-ring (bicyclic) bond motifs is 1. The van der Waals surface area contributed by atoms with Crippen molar-refractivity contribution < 1.29 is 0 Å². The third kappa shape index (κ3) is 3.93. The van der Waals surface area contributed by atoms with Crippen LogP contribution in [0.2, 0.25) is 0 Å². The molecule has 0 saturated carbocycles.